The van der Waals surface area contributed by atoms with Crippen LogP contribution in [0.3, 0.4) is 0 Å². The number of fused-ring (bicyclic) bond motifs is 3. The van der Waals surface area contributed by atoms with Crippen molar-refractivity contribution >= 4 is 17.7 Å². The molecule has 1 aromatic heterocycles. The highest BCUT2D eigenvalue weighted by atomic mass is 19.3. The maximum absolute atomic E-state index is 15.4. The highest BCUT2D eigenvalue weighted by molar-refractivity contribution is 5.73. The first-order valence-corrected chi connectivity index (χ1v) is 12.4. The van der Waals surface area contributed by atoms with Crippen LogP contribution in [0.25, 0.3) is 6.08 Å². The molecular formula is C27H36F3N5. The summed E-state index contributed by atoms with van der Waals surface area (Å²) in [6.45, 7) is 3.40. The van der Waals surface area contributed by atoms with Crippen LogP contribution in [0, 0.1) is 12.7 Å². The molecule has 8 heteroatoms. The van der Waals surface area contributed by atoms with Crippen molar-refractivity contribution in [3.8, 4) is 0 Å². The van der Waals surface area contributed by atoms with Crippen LogP contribution >= 0.6 is 0 Å². The quantitative estimate of drug-likeness (QED) is 0.343. The number of nitrogen functional groups attached to an aromatic ring is 1. The number of halogens is 3. The molecule has 5 N–H and O–H groups in total. The van der Waals surface area contributed by atoms with E-state index in [1.165, 1.54) is 18.2 Å². The number of nitrogens with one attached hydrogen (secondary N) is 1. The first-order valence-electron chi connectivity index (χ1n) is 12.4. The average molecular weight is 488 g/mol. The first kappa shape index (κ1) is 26.6. The van der Waals surface area contributed by atoms with Crippen LogP contribution < -0.4 is 16.8 Å². The van der Waals surface area contributed by atoms with Crippen LogP contribution in [0.1, 0.15) is 93.3 Å². The molecule has 0 unspecified atom stereocenters. The first-order chi connectivity index (χ1) is 16.7. The number of allylic oxidation sites excluding steroid dienone is 3. The Labute approximate surface area is 205 Å². The van der Waals surface area contributed by atoms with Crippen LogP contribution in [0.4, 0.5) is 24.8 Å². The zero-order chi connectivity index (χ0) is 25.4. The van der Waals surface area contributed by atoms with Gasteiger partial charge in [-0.05, 0) is 58.4 Å². The van der Waals surface area contributed by atoms with Crippen molar-refractivity contribution in [2.45, 2.75) is 83.6 Å². The standard InChI is InChI=1S/C27H36F3N5/c1-18-21-14-12-15-23(24(21)28)27(29,30)16-11-9-7-5-3-4-6-8-10-13-20(31)17-22-25(32)34-19(2)35-26(22)33-18/h5,7,12,14-15,17-18H,3-4,6,8-11,13,16,31H2,1-2H3,(H3,32,33,34,35)/b7-5-,20-17-/t18-/m1/s1. The lowest BCUT2D eigenvalue weighted by Gasteiger charge is -2.22. The van der Waals surface area contributed by atoms with Crippen molar-refractivity contribution in [1.29, 1.82) is 0 Å². The molecule has 0 fully saturated rings. The Morgan fingerprint density at radius 3 is 2.49 bits per heavy atom. The second-order valence-corrected chi connectivity index (χ2v) is 9.23. The molecule has 0 aliphatic carbocycles. The van der Waals surface area contributed by atoms with Gasteiger partial charge >= 0.3 is 0 Å². The van der Waals surface area contributed by atoms with Gasteiger partial charge in [0.2, 0.25) is 0 Å². The van der Waals surface area contributed by atoms with Gasteiger partial charge in [-0.2, -0.15) is 0 Å². The Bertz CT molecular complexity index is 1070. The van der Waals surface area contributed by atoms with E-state index in [2.05, 4.69) is 15.3 Å². The van der Waals surface area contributed by atoms with Gasteiger partial charge in [0, 0.05) is 17.7 Å². The number of hydrogen-bond acceptors (Lipinski definition) is 5. The van der Waals surface area contributed by atoms with E-state index < -0.39 is 29.8 Å². The third kappa shape index (κ3) is 7.23. The fraction of sp³-hybridized carbons (Fsp3) is 0.481. The van der Waals surface area contributed by atoms with E-state index in [-0.39, 0.29) is 17.8 Å². The molecule has 0 radical (unpaired) electrons. The molecule has 1 atom stereocenters. The number of alkyl halides is 2. The maximum atomic E-state index is 15.4. The van der Waals surface area contributed by atoms with Crippen molar-refractivity contribution in [2.24, 2.45) is 5.73 Å². The normalized spacial score (nSPS) is 22.5. The minimum absolute atomic E-state index is 0.130. The summed E-state index contributed by atoms with van der Waals surface area (Å²) in [7, 11) is 0. The van der Waals surface area contributed by atoms with Crippen molar-refractivity contribution in [1.82, 2.24) is 9.97 Å². The van der Waals surface area contributed by atoms with Gasteiger partial charge in [0.25, 0.3) is 5.92 Å². The van der Waals surface area contributed by atoms with E-state index in [4.69, 9.17) is 11.5 Å². The van der Waals surface area contributed by atoms with Crippen LogP contribution in [0.15, 0.2) is 36.0 Å². The van der Waals surface area contributed by atoms with Gasteiger partial charge in [-0.25, -0.2) is 23.1 Å². The van der Waals surface area contributed by atoms with Gasteiger partial charge in [0.1, 0.15) is 23.3 Å². The molecule has 0 saturated heterocycles. The molecule has 3 rings (SSSR count). The molecule has 0 saturated carbocycles. The van der Waals surface area contributed by atoms with E-state index in [0.717, 1.165) is 32.1 Å². The molecule has 1 aliphatic rings. The monoisotopic (exact) mass is 487 g/mol. The smallest absolute Gasteiger partial charge is 0.276 e. The lowest BCUT2D eigenvalue weighted by molar-refractivity contribution is -0.0185. The Hall–Kier alpha value is -3.03. The van der Waals surface area contributed by atoms with Crippen molar-refractivity contribution in [3.05, 3.63) is 64.4 Å². The zero-order valence-corrected chi connectivity index (χ0v) is 20.6. The molecule has 35 heavy (non-hydrogen) atoms. The summed E-state index contributed by atoms with van der Waals surface area (Å²) < 4.78 is 45.2. The number of aryl methyl sites for hydroxylation is 1. The van der Waals surface area contributed by atoms with Gasteiger partial charge < -0.3 is 16.8 Å². The average Bonchev–Trinajstić information content (AvgIpc) is 2.79. The van der Waals surface area contributed by atoms with Crippen LogP contribution in [-0.2, 0) is 5.92 Å². The number of aromatic nitrogens is 2. The lowest BCUT2D eigenvalue weighted by atomic mass is 9.97. The maximum Gasteiger partial charge on any atom is 0.276 e. The Morgan fingerprint density at radius 1 is 1.00 bits per heavy atom. The van der Waals surface area contributed by atoms with Crippen molar-refractivity contribution < 1.29 is 13.2 Å². The van der Waals surface area contributed by atoms with Crippen LogP contribution in [0.2, 0.25) is 0 Å². The third-order valence-electron chi connectivity index (χ3n) is 6.27. The van der Waals surface area contributed by atoms with Gasteiger partial charge in [-0.1, -0.05) is 43.2 Å². The van der Waals surface area contributed by atoms with E-state index in [1.807, 2.05) is 12.2 Å². The highest BCUT2D eigenvalue weighted by Crippen LogP contribution is 2.37. The Balaban J connectivity index is 1.97. The summed E-state index contributed by atoms with van der Waals surface area (Å²) in [5, 5.41) is 3.14. The minimum Gasteiger partial charge on any atom is -0.402 e. The van der Waals surface area contributed by atoms with E-state index in [9.17, 15) is 8.78 Å². The molecule has 2 bridgehead atoms. The minimum atomic E-state index is -3.26. The summed E-state index contributed by atoms with van der Waals surface area (Å²) >= 11 is 0. The predicted molar refractivity (Wildman–Crippen MR) is 136 cm³/mol. The molecular weight excluding hydrogens is 451 g/mol. The Morgan fingerprint density at radius 2 is 1.71 bits per heavy atom. The van der Waals surface area contributed by atoms with Gasteiger partial charge in [0.05, 0.1) is 17.2 Å². The van der Waals surface area contributed by atoms with Gasteiger partial charge in [-0.3, -0.25) is 0 Å². The van der Waals surface area contributed by atoms with Gasteiger partial charge in [-0.15, -0.1) is 0 Å². The largest absolute Gasteiger partial charge is 0.402 e. The number of nitrogens with zero attached hydrogens (tertiary/aromatic N) is 2. The number of rotatable bonds is 0. The van der Waals surface area contributed by atoms with Gasteiger partial charge in [0.15, 0.2) is 0 Å². The Kier molecular flexibility index (Phi) is 9.18. The van der Waals surface area contributed by atoms with E-state index in [0.29, 0.717) is 35.7 Å². The topological polar surface area (TPSA) is 89.8 Å². The lowest BCUT2D eigenvalue weighted by Crippen LogP contribution is -2.19. The summed E-state index contributed by atoms with van der Waals surface area (Å²) in [6, 6.07) is 3.49. The van der Waals surface area contributed by atoms with E-state index >= 15 is 4.39 Å². The molecule has 190 valence electrons. The fourth-order valence-electron chi connectivity index (χ4n) is 4.32. The number of nitrogens with two attached hydrogens (primary N) is 2. The van der Waals surface area contributed by atoms with Crippen molar-refractivity contribution in [2.75, 3.05) is 11.1 Å². The highest BCUT2D eigenvalue weighted by Gasteiger charge is 2.35. The van der Waals surface area contributed by atoms with E-state index in [1.54, 1.807) is 19.9 Å². The molecule has 1 aliphatic heterocycles. The molecule has 1 aromatic carbocycles. The molecule has 0 amide bonds. The second-order valence-electron chi connectivity index (χ2n) is 9.23. The molecule has 2 heterocycles. The molecule has 2 aromatic rings. The number of hydrogen-bond donors (Lipinski definition) is 3. The number of anilines is 2. The summed E-state index contributed by atoms with van der Waals surface area (Å²) in [5.74, 6) is -3.09. The summed E-state index contributed by atoms with van der Waals surface area (Å²) in [4.78, 5) is 8.68. The second kappa shape index (κ2) is 12.1. The number of benzene rings is 1. The molecule has 5 nitrogen and oxygen atoms in total. The molecule has 0 spiro atoms. The summed E-state index contributed by atoms with van der Waals surface area (Å²) in [5.41, 5.74) is 13.2. The predicted octanol–water partition coefficient (Wildman–Crippen LogP) is 7.15. The SMILES string of the molecule is Cc1nc(N)c2c(n1)N[C@H](C)c1cccc(c1F)C(F)(F)CCC/C=C\CCCCCC/C(N)=C/2. The summed E-state index contributed by atoms with van der Waals surface area (Å²) in [6.07, 6.45) is 11.9. The fourth-order valence-corrected chi connectivity index (χ4v) is 4.32. The van der Waals surface area contributed by atoms with Crippen molar-refractivity contribution in [3.63, 3.8) is 0 Å². The van der Waals surface area contributed by atoms with Crippen LogP contribution in [-0.4, -0.2) is 9.97 Å². The zero-order valence-electron chi connectivity index (χ0n) is 20.6. The van der Waals surface area contributed by atoms with Crippen LogP contribution in [0.5, 0.6) is 0 Å². The third-order valence-corrected chi connectivity index (χ3v) is 6.27.